The van der Waals surface area contributed by atoms with E-state index in [0.717, 1.165) is 19.3 Å². The molecule has 0 saturated heterocycles. The maximum atomic E-state index is 2.57. The molecule has 3 aliphatic rings. The zero-order chi connectivity index (χ0) is 28.7. The van der Waals surface area contributed by atoms with Crippen LogP contribution in [0.2, 0.25) is 0 Å². The average Bonchev–Trinajstić information content (AvgIpc) is 3.80. The number of hydrogen-bond donors (Lipinski definition) is 0. The Kier molecular flexibility index (Phi) is 5.40. The molecule has 5 aromatic carbocycles. The highest BCUT2D eigenvalue weighted by Gasteiger charge is 2.38. The number of fused-ring (bicyclic) bond motifs is 7. The first-order valence-electron chi connectivity index (χ1n) is 15.5. The van der Waals surface area contributed by atoms with Gasteiger partial charge in [0.25, 0.3) is 0 Å². The van der Waals surface area contributed by atoms with Crippen molar-refractivity contribution in [1.82, 2.24) is 0 Å². The zero-order valence-electron chi connectivity index (χ0n) is 24.6. The summed E-state index contributed by atoms with van der Waals surface area (Å²) >= 11 is 1.93. The van der Waals surface area contributed by atoms with E-state index >= 15 is 0 Å². The van der Waals surface area contributed by atoms with Crippen LogP contribution >= 0.6 is 11.3 Å². The Morgan fingerprint density at radius 3 is 2.02 bits per heavy atom. The summed E-state index contributed by atoms with van der Waals surface area (Å²) in [4.78, 5) is 2.72. The highest BCUT2D eigenvalue weighted by molar-refractivity contribution is 7.16. The Balaban J connectivity index is 1.37. The van der Waals surface area contributed by atoms with Crippen molar-refractivity contribution in [2.45, 2.75) is 38.5 Å². The van der Waals surface area contributed by atoms with E-state index in [1.165, 1.54) is 86.9 Å². The third-order valence-corrected chi connectivity index (χ3v) is 11.2. The maximum Gasteiger partial charge on any atom is 0.0361 e. The van der Waals surface area contributed by atoms with Crippen molar-refractivity contribution >= 4 is 44.5 Å². The molecule has 0 amide bonds. The van der Waals surface area contributed by atoms with Crippen molar-refractivity contribution < 1.29 is 0 Å². The normalized spacial score (nSPS) is 16.0. The van der Waals surface area contributed by atoms with E-state index in [9.17, 15) is 0 Å². The fraction of sp³-hybridized carbons (Fsp3) is 0.143. The van der Waals surface area contributed by atoms with E-state index in [-0.39, 0.29) is 5.41 Å². The molecule has 43 heavy (non-hydrogen) atoms. The Morgan fingerprint density at radius 2 is 1.30 bits per heavy atom. The molecule has 6 aromatic rings. The van der Waals surface area contributed by atoms with E-state index in [1.54, 1.807) is 0 Å². The Morgan fingerprint density at radius 1 is 0.628 bits per heavy atom. The van der Waals surface area contributed by atoms with Crippen molar-refractivity contribution in [2.24, 2.45) is 0 Å². The molecule has 9 rings (SSSR count). The average molecular weight is 569 g/mol. The number of benzene rings is 5. The van der Waals surface area contributed by atoms with Crippen LogP contribution < -0.4 is 0 Å². The van der Waals surface area contributed by atoms with Gasteiger partial charge in [-0.3, -0.25) is 0 Å². The van der Waals surface area contributed by atoms with Gasteiger partial charge in [-0.15, -0.1) is 11.3 Å². The number of allylic oxidation sites excluding steroid dienone is 5. The van der Waals surface area contributed by atoms with E-state index in [0.29, 0.717) is 0 Å². The van der Waals surface area contributed by atoms with Gasteiger partial charge in [0, 0.05) is 20.7 Å². The minimum atomic E-state index is -0.0519. The molecular formula is C42H32S. The molecule has 0 fully saturated rings. The number of hydrogen-bond acceptors (Lipinski definition) is 1. The molecule has 1 aromatic heterocycles. The molecular weight excluding hydrogens is 537 g/mol. The van der Waals surface area contributed by atoms with E-state index in [1.807, 2.05) is 11.3 Å². The molecule has 0 spiro atoms. The van der Waals surface area contributed by atoms with Gasteiger partial charge >= 0.3 is 0 Å². The molecule has 206 valence electrons. The second-order valence-electron chi connectivity index (χ2n) is 12.7. The SMILES string of the molecule is CC1(C)c2ccccc2-c2c1cc(-c1c3ccccc3c(-c3ccc(C4=CC=CC4)s3)c3ccccc13)c1c2C=CCC1. The second-order valence-corrected chi connectivity index (χ2v) is 13.8. The Bertz CT molecular complexity index is 2170. The molecule has 0 saturated carbocycles. The first-order chi connectivity index (χ1) is 21.1. The molecule has 0 N–H and O–H groups in total. The van der Waals surface area contributed by atoms with Gasteiger partial charge < -0.3 is 0 Å². The molecule has 0 radical (unpaired) electrons. The molecule has 1 heterocycles. The van der Waals surface area contributed by atoms with Gasteiger partial charge in [-0.25, -0.2) is 0 Å². The first-order valence-corrected chi connectivity index (χ1v) is 16.3. The maximum absolute atomic E-state index is 2.57. The van der Waals surface area contributed by atoms with Gasteiger partial charge in [-0.2, -0.15) is 0 Å². The highest BCUT2D eigenvalue weighted by atomic mass is 32.1. The van der Waals surface area contributed by atoms with Crippen LogP contribution in [0.4, 0.5) is 0 Å². The van der Waals surface area contributed by atoms with E-state index in [2.05, 4.69) is 135 Å². The lowest BCUT2D eigenvalue weighted by Gasteiger charge is -2.27. The third kappa shape index (κ3) is 3.55. The predicted molar refractivity (Wildman–Crippen MR) is 187 cm³/mol. The fourth-order valence-electron chi connectivity index (χ4n) is 7.98. The van der Waals surface area contributed by atoms with Crippen LogP contribution in [0.5, 0.6) is 0 Å². The van der Waals surface area contributed by atoms with Crippen LogP contribution in [0.1, 0.15) is 53.8 Å². The van der Waals surface area contributed by atoms with Crippen LogP contribution in [0, 0.1) is 0 Å². The predicted octanol–water partition coefficient (Wildman–Crippen LogP) is 12.0. The minimum absolute atomic E-state index is 0.0519. The zero-order valence-corrected chi connectivity index (χ0v) is 25.4. The molecule has 0 aliphatic heterocycles. The van der Waals surface area contributed by atoms with Crippen LogP contribution in [0.15, 0.2) is 115 Å². The summed E-state index contributed by atoms with van der Waals surface area (Å²) in [5, 5.41) is 5.37. The van der Waals surface area contributed by atoms with Crippen molar-refractivity contribution in [1.29, 1.82) is 0 Å². The first kappa shape index (κ1) is 25.1. The number of thiophene rings is 1. The topological polar surface area (TPSA) is 0 Å². The van der Waals surface area contributed by atoms with E-state index < -0.39 is 0 Å². The molecule has 0 atom stereocenters. The van der Waals surface area contributed by atoms with Crippen molar-refractivity contribution in [3.8, 4) is 32.7 Å². The lowest BCUT2D eigenvalue weighted by Crippen LogP contribution is -2.16. The summed E-state index contributed by atoms with van der Waals surface area (Å²) in [6, 6.07) is 34.6. The Labute approximate surface area is 257 Å². The minimum Gasteiger partial charge on any atom is -0.136 e. The van der Waals surface area contributed by atoms with Crippen LogP contribution in [-0.4, -0.2) is 0 Å². The van der Waals surface area contributed by atoms with Gasteiger partial charge in [-0.05, 0) is 109 Å². The summed E-state index contributed by atoms with van der Waals surface area (Å²) in [7, 11) is 0. The summed E-state index contributed by atoms with van der Waals surface area (Å²) in [6.07, 6.45) is 14.7. The van der Waals surface area contributed by atoms with Crippen molar-refractivity contribution in [2.75, 3.05) is 0 Å². The van der Waals surface area contributed by atoms with Crippen molar-refractivity contribution in [3.05, 3.63) is 142 Å². The quantitative estimate of drug-likeness (QED) is 0.186. The molecule has 3 aliphatic carbocycles. The lowest BCUT2D eigenvalue weighted by molar-refractivity contribution is 0.660. The molecule has 0 unspecified atom stereocenters. The highest BCUT2D eigenvalue weighted by Crippen LogP contribution is 2.55. The van der Waals surface area contributed by atoms with Crippen LogP contribution in [-0.2, 0) is 11.8 Å². The van der Waals surface area contributed by atoms with Crippen LogP contribution in [0.25, 0.3) is 65.9 Å². The van der Waals surface area contributed by atoms with Gasteiger partial charge in [0.05, 0.1) is 0 Å². The lowest BCUT2D eigenvalue weighted by atomic mass is 9.77. The summed E-state index contributed by atoms with van der Waals surface area (Å²) in [5.41, 5.74) is 14.2. The van der Waals surface area contributed by atoms with Gasteiger partial charge in [0.2, 0.25) is 0 Å². The summed E-state index contributed by atoms with van der Waals surface area (Å²) < 4.78 is 0. The second kappa shape index (κ2) is 9.27. The fourth-order valence-corrected chi connectivity index (χ4v) is 9.10. The monoisotopic (exact) mass is 568 g/mol. The van der Waals surface area contributed by atoms with E-state index in [4.69, 9.17) is 0 Å². The molecule has 0 bridgehead atoms. The van der Waals surface area contributed by atoms with Gasteiger partial charge in [-0.1, -0.05) is 117 Å². The largest absolute Gasteiger partial charge is 0.136 e. The third-order valence-electron chi connectivity index (χ3n) is 10.0. The van der Waals surface area contributed by atoms with Gasteiger partial charge in [0.15, 0.2) is 0 Å². The molecule has 1 heteroatoms. The summed E-state index contributed by atoms with van der Waals surface area (Å²) in [6.45, 7) is 4.81. The van der Waals surface area contributed by atoms with Crippen molar-refractivity contribution in [3.63, 3.8) is 0 Å². The smallest absolute Gasteiger partial charge is 0.0361 e. The Hall–Kier alpha value is -4.46. The van der Waals surface area contributed by atoms with Gasteiger partial charge in [0.1, 0.15) is 0 Å². The number of rotatable bonds is 3. The summed E-state index contributed by atoms with van der Waals surface area (Å²) in [5.74, 6) is 0. The standard InChI is InChI=1S/C42H32S/c1-42(2)35-22-12-11-21-33(35)40-28-16-6-5-15-27(28)34(25-36(40)42)39-29-17-7-9-19-31(29)41(32-20-10-8-18-30(32)39)38-24-23-37(43-38)26-13-3-4-14-26/h3-4,6-13,16-25H,5,14-15H2,1-2H3. The van der Waals surface area contributed by atoms with Crippen LogP contribution in [0.3, 0.4) is 0 Å². The molecule has 0 nitrogen and oxygen atoms in total.